The molecule has 0 atom stereocenters. The van der Waals surface area contributed by atoms with Crippen LogP contribution in [0.1, 0.15) is 147 Å². The maximum absolute atomic E-state index is 5.71. The van der Waals surface area contributed by atoms with Gasteiger partial charge < -0.3 is 9.80 Å². The summed E-state index contributed by atoms with van der Waals surface area (Å²) in [5, 5.41) is 0. The number of thioether (sulfide) groups is 2. The zero-order chi connectivity index (χ0) is 35.0. The third kappa shape index (κ3) is 12.0. The third-order valence-corrected chi connectivity index (χ3v) is 12.9. The fourth-order valence-electron chi connectivity index (χ4n) is 6.82. The number of benzene rings is 2. The van der Waals surface area contributed by atoms with E-state index >= 15 is 0 Å². The van der Waals surface area contributed by atoms with Gasteiger partial charge in [-0.15, -0.1) is 0 Å². The molecule has 0 N–H and O–H groups in total. The van der Waals surface area contributed by atoms with Crippen LogP contribution in [0.4, 0.5) is 0 Å². The molecule has 2 aromatic carbocycles. The van der Waals surface area contributed by atoms with Crippen LogP contribution in [-0.2, 0) is 17.3 Å². The molecule has 1 aliphatic rings. The Labute approximate surface area is 310 Å². The molecule has 47 heavy (non-hydrogen) atoms. The topological polar surface area (TPSA) is 6.48 Å². The number of thiocarbonyl (C=S) groups is 2. The van der Waals surface area contributed by atoms with Gasteiger partial charge in [-0.05, 0) is 100.0 Å². The molecule has 0 amide bonds. The highest BCUT2D eigenvalue weighted by molar-refractivity contribution is 8.23. The minimum Gasteiger partial charge on any atom is -0.358 e. The smallest absolute Gasteiger partial charge is 0.136 e. The lowest BCUT2D eigenvalue weighted by molar-refractivity contribution is 0.386. The van der Waals surface area contributed by atoms with E-state index in [0.717, 1.165) is 52.7 Å². The first-order valence-corrected chi connectivity index (χ1v) is 21.4. The molecule has 0 spiro atoms. The van der Waals surface area contributed by atoms with E-state index in [-0.39, 0.29) is 10.8 Å². The molecule has 2 aromatic rings. The van der Waals surface area contributed by atoms with Crippen LogP contribution in [0.15, 0.2) is 36.4 Å². The lowest BCUT2D eigenvalue weighted by Gasteiger charge is -2.43. The fourth-order valence-corrected chi connectivity index (χ4v) is 9.77. The average Bonchev–Trinajstić information content (AvgIpc) is 3.06. The Bertz CT molecular complexity index is 1200. The second-order valence-electron chi connectivity index (χ2n) is 13.7. The number of aryl methyl sites for hydroxylation is 1. The predicted molar refractivity (Wildman–Crippen MR) is 224 cm³/mol. The van der Waals surface area contributed by atoms with Crippen molar-refractivity contribution in [3.8, 4) is 0 Å². The molecule has 0 saturated heterocycles. The van der Waals surface area contributed by atoms with E-state index in [4.69, 9.17) is 24.4 Å². The number of rotatable bonds is 16. The van der Waals surface area contributed by atoms with Gasteiger partial charge in [0.1, 0.15) is 8.64 Å². The van der Waals surface area contributed by atoms with Crippen molar-refractivity contribution in [2.45, 2.75) is 138 Å². The summed E-state index contributed by atoms with van der Waals surface area (Å²) in [6.07, 6.45) is 10.9. The second kappa shape index (κ2) is 21.2. The highest BCUT2D eigenvalue weighted by atomic mass is 32.2. The summed E-state index contributed by atoms with van der Waals surface area (Å²) in [7, 11) is 0. The Morgan fingerprint density at radius 2 is 1.13 bits per heavy atom. The van der Waals surface area contributed by atoms with Crippen molar-refractivity contribution in [1.82, 2.24) is 9.80 Å². The molecule has 0 heterocycles. The minimum atomic E-state index is 0.0729. The van der Waals surface area contributed by atoms with Crippen molar-refractivity contribution in [1.29, 1.82) is 0 Å². The molecule has 0 unspecified atom stereocenters. The van der Waals surface area contributed by atoms with Crippen molar-refractivity contribution in [2.75, 3.05) is 37.7 Å². The first kappa shape index (κ1) is 42.1. The number of hydrogen-bond donors (Lipinski definition) is 0. The summed E-state index contributed by atoms with van der Waals surface area (Å²) >= 11 is 15.2. The quantitative estimate of drug-likeness (QED) is 0.125. The van der Waals surface area contributed by atoms with Crippen LogP contribution in [-0.4, -0.2) is 56.1 Å². The molecule has 3 rings (SSSR count). The zero-order valence-electron chi connectivity index (χ0n) is 31.6. The highest BCUT2D eigenvalue weighted by Crippen LogP contribution is 2.49. The number of fused-ring (bicyclic) bond motifs is 2. The second-order valence-corrected chi connectivity index (χ2v) is 17.2. The summed E-state index contributed by atoms with van der Waals surface area (Å²) in [4.78, 5) is 4.60. The first-order valence-electron chi connectivity index (χ1n) is 18.6. The molecule has 2 nitrogen and oxygen atoms in total. The Kier molecular flexibility index (Phi) is 19.0. The predicted octanol–water partition coefficient (Wildman–Crippen LogP) is 12.3. The van der Waals surface area contributed by atoms with Crippen molar-refractivity contribution in [3.63, 3.8) is 0 Å². The van der Waals surface area contributed by atoms with E-state index in [1.54, 1.807) is 16.7 Å². The number of hydrogen-bond acceptors (Lipinski definition) is 4. The standard InChI is InChI=1S/C39H60N2S4.C2H6/c1-9-40(10-2)36(42)44-25-17-13-15-23-39(24-16-14-18-26-45-37(43)41(11-3)12-4)34-27-30(5)19-20-31(34)28-32-21-22-33(29-35(32)39)38(6,7)8;1-2/h19-22,27,29H,9-18,23-26,28H2,1-8H3;1-2H3. The van der Waals surface area contributed by atoms with Gasteiger partial charge in [-0.3, -0.25) is 0 Å². The molecule has 0 aromatic heterocycles. The summed E-state index contributed by atoms with van der Waals surface area (Å²) in [6.45, 7) is 26.1. The van der Waals surface area contributed by atoms with Crippen LogP contribution in [0, 0.1) is 6.92 Å². The van der Waals surface area contributed by atoms with Gasteiger partial charge >= 0.3 is 0 Å². The van der Waals surface area contributed by atoms with E-state index in [1.807, 2.05) is 37.4 Å². The molecule has 0 saturated carbocycles. The molecule has 0 bridgehead atoms. The van der Waals surface area contributed by atoms with Crippen molar-refractivity contribution in [2.24, 2.45) is 0 Å². The fraction of sp³-hybridized carbons (Fsp3) is 0.659. The molecule has 0 fully saturated rings. The van der Waals surface area contributed by atoms with Gasteiger partial charge in [0.2, 0.25) is 0 Å². The molecule has 0 radical (unpaired) electrons. The lowest BCUT2D eigenvalue weighted by Crippen LogP contribution is -2.34. The van der Waals surface area contributed by atoms with Gasteiger partial charge in [0.15, 0.2) is 0 Å². The lowest BCUT2D eigenvalue weighted by atomic mass is 9.61. The molecular formula is C41H66N2S4. The van der Waals surface area contributed by atoms with E-state index in [2.05, 4.69) is 102 Å². The monoisotopic (exact) mass is 714 g/mol. The molecule has 264 valence electrons. The van der Waals surface area contributed by atoms with Crippen LogP contribution >= 0.6 is 48.0 Å². The van der Waals surface area contributed by atoms with Crippen LogP contribution < -0.4 is 0 Å². The van der Waals surface area contributed by atoms with Crippen molar-refractivity contribution < 1.29 is 0 Å². The summed E-state index contributed by atoms with van der Waals surface area (Å²) in [5.41, 5.74) is 9.35. The van der Waals surface area contributed by atoms with E-state index in [9.17, 15) is 0 Å². The van der Waals surface area contributed by atoms with E-state index < -0.39 is 0 Å². The maximum atomic E-state index is 5.71. The molecule has 6 heteroatoms. The number of unbranched alkanes of at least 4 members (excludes halogenated alkanes) is 4. The summed E-state index contributed by atoms with van der Waals surface area (Å²) in [5.74, 6) is 2.24. The van der Waals surface area contributed by atoms with Crippen LogP contribution in [0.3, 0.4) is 0 Å². The molecule has 1 aliphatic carbocycles. The summed E-state index contributed by atoms with van der Waals surface area (Å²) in [6, 6.07) is 14.8. The van der Waals surface area contributed by atoms with Crippen LogP contribution in [0.2, 0.25) is 0 Å². The Morgan fingerprint density at radius 1 is 0.681 bits per heavy atom. The average molecular weight is 715 g/mol. The molecular weight excluding hydrogens is 649 g/mol. The Hall–Kier alpha value is -1.08. The maximum Gasteiger partial charge on any atom is 0.136 e. The van der Waals surface area contributed by atoms with Gasteiger partial charge in [-0.25, -0.2) is 0 Å². The zero-order valence-corrected chi connectivity index (χ0v) is 34.9. The Balaban J connectivity index is 0.00000376. The van der Waals surface area contributed by atoms with Crippen LogP contribution in [0.5, 0.6) is 0 Å². The Morgan fingerprint density at radius 3 is 1.57 bits per heavy atom. The van der Waals surface area contributed by atoms with Crippen LogP contribution in [0.25, 0.3) is 0 Å². The van der Waals surface area contributed by atoms with Gasteiger partial charge in [-0.2, -0.15) is 0 Å². The minimum absolute atomic E-state index is 0.0729. The highest BCUT2D eigenvalue weighted by Gasteiger charge is 2.40. The SMILES string of the molecule is CC.CCN(CC)C(=S)SCCCCCC1(CCCCCSC(=S)N(CC)CC)c2cc(C)ccc2Cc2ccc(C(C)(C)C)cc21. The third-order valence-electron chi connectivity index (χ3n) is 9.64. The van der Waals surface area contributed by atoms with Gasteiger partial charge in [0.05, 0.1) is 0 Å². The van der Waals surface area contributed by atoms with Gasteiger partial charge in [-0.1, -0.05) is 150 Å². The summed E-state index contributed by atoms with van der Waals surface area (Å²) < 4.78 is 2.13. The van der Waals surface area contributed by atoms with Gasteiger partial charge in [0.25, 0.3) is 0 Å². The normalized spacial score (nSPS) is 13.2. The van der Waals surface area contributed by atoms with Gasteiger partial charge in [0, 0.05) is 43.1 Å². The largest absolute Gasteiger partial charge is 0.358 e. The van der Waals surface area contributed by atoms with E-state index in [0.29, 0.717) is 0 Å². The van der Waals surface area contributed by atoms with E-state index in [1.165, 1.54) is 68.1 Å². The van der Waals surface area contributed by atoms with Crippen molar-refractivity contribution in [3.05, 3.63) is 69.8 Å². The number of nitrogens with zero attached hydrogens (tertiary/aromatic N) is 2. The van der Waals surface area contributed by atoms with Crippen molar-refractivity contribution >= 4 is 56.6 Å². The molecule has 0 aliphatic heterocycles. The first-order chi connectivity index (χ1) is 22.5.